The summed E-state index contributed by atoms with van der Waals surface area (Å²) in [6, 6.07) is 18.7. The standard InChI is InChI=1S/C25H22ClN3O2S/c1-15-8-10-18(11-9-15)29-24(31)19-6-4-5-7-21(19)27-25(29)32-14-22(30)28-23-17(3)12-16(2)13-20(23)26/h4-13H,14H2,1-3H3,(H,28,30). The van der Waals surface area contributed by atoms with Gasteiger partial charge in [-0.2, -0.15) is 0 Å². The van der Waals surface area contributed by atoms with Gasteiger partial charge in [0.2, 0.25) is 5.91 Å². The lowest BCUT2D eigenvalue weighted by atomic mass is 10.1. The second-order valence-electron chi connectivity index (χ2n) is 7.66. The molecule has 0 atom stereocenters. The summed E-state index contributed by atoms with van der Waals surface area (Å²) in [6.45, 7) is 5.85. The fraction of sp³-hybridized carbons (Fsp3) is 0.160. The molecule has 0 saturated heterocycles. The SMILES string of the molecule is Cc1ccc(-n2c(SCC(=O)Nc3c(C)cc(C)cc3Cl)nc3ccccc3c2=O)cc1. The van der Waals surface area contributed by atoms with Crippen LogP contribution in [0.3, 0.4) is 0 Å². The molecule has 0 unspecified atom stereocenters. The molecular weight excluding hydrogens is 442 g/mol. The number of nitrogens with one attached hydrogen (secondary N) is 1. The van der Waals surface area contributed by atoms with Gasteiger partial charge in [0.25, 0.3) is 5.56 Å². The minimum absolute atomic E-state index is 0.0836. The van der Waals surface area contributed by atoms with Crippen molar-refractivity contribution in [3.05, 3.63) is 92.7 Å². The molecule has 7 heteroatoms. The summed E-state index contributed by atoms with van der Waals surface area (Å²) >= 11 is 7.53. The van der Waals surface area contributed by atoms with Crippen molar-refractivity contribution in [3.63, 3.8) is 0 Å². The van der Waals surface area contributed by atoms with Gasteiger partial charge in [0, 0.05) is 0 Å². The smallest absolute Gasteiger partial charge is 0.266 e. The number of aromatic nitrogens is 2. The van der Waals surface area contributed by atoms with Gasteiger partial charge in [-0.05, 0) is 62.2 Å². The Morgan fingerprint density at radius 1 is 1.03 bits per heavy atom. The second-order valence-corrected chi connectivity index (χ2v) is 9.01. The van der Waals surface area contributed by atoms with E-state index in [4.69, 9.17) is 11.6 Å². The van der Waals surface area contributed by atoms with Crippen molar-refractivity contribution in [1.82, 2.24) is 9.55 Å². The van der Waals surface area contributed by atoms with Crippen molar-refractivity contribution in [2.75, 3.05) is 11.1 Å². The van der Waals surface area contributed by atoms with Crippen molar-refractivity contribution < 1.29 is 4.79 Å². The molecule has 0 saturated carbocycles. The lowest BCUT2D eigenvalue weighted by Gasteiger charge is -2.14. The maximum absolute atomic E-state index is 13.3. The first-order valence-corrected chi connectivity index (χ1v) is 11.5. The van der Waals surface area contributed by atoms with E-state index >= 15 is 0 Å². The minimum Gasteiger partial charge on any atom is -0.324 e. The lowest BCUT2D eigenvalue weighted by molar-refractivity contribution is -0.113. The van der Waals surface area contributed by atoms with E-state index in [1.54, 1.807) is 16.7 Å². The molecule has 0 aliphatic rings. The predicted octanol–water partition coefficient (Wildman–Crippen LogP) is 5.70. The van der Waals surface area contributed by atoms with Crippen LogP contribution in [-0.2, 0) is 4.79 Å². The van der Waals surface area contributed by atoms with Gasteiger partial charge in [-0.1, -0.05) is 59.3 Å². The number of hydrogen-bond donors (Lipinski definition) is 1. The molecule has 0 fully saturated rings. The van der Waals surface area contributed by atoms with Gasteiger partial charge < -0.3 is 5.32 Å². The van der Waals surface area contributed by atoms with Gasteiger partial charge in [-0.25, -0.2) is 4.98 Å². The first-order chi connectivity index (χ1) is 15.3. The number of aryl methyl sites for hydroxylation is 3. The van der Waals surface area contributed by atoms with E-state index in [1.165, 1.54) is 11.8 Å². The minimum atomic E-state index is -0.221. The van der Waals surface area contributed by atoms with Crippen LogP contribution >= 0.6 is 23.4 Å². The number of hydrogen-bond acceptors (Lipinski definition) is 4. The van der Waals surface area contributed by atoms with Gasteiger partial charge in [0.15, 0.2) is 5.16 Å². The topological polar surface area (TPSA) is 64.0 Å². The molecule has 4 aromatic rings. The van der Waals surface area contributed by atoms with Crippen LogP contribution in [0.4, 0.5) is 5.69 Å². The zero-order valence-corrected chi connectivity index (χ0v) is 19.6. The van der Waals surface area contributed by atoms with Crippen LogP contribution in [0.1, 0.15) is 16.7 Å². The van der Waals surface area contributed by atoms with Crippen molar-refractivity contribution >= 4 is 45.9 Å². The number of halogens is 1. The third-order valence-electron chi connectivity index (χ3n) is 5.07. The summed E-state index contributed by atoms with van der Waals surface area (Å²) in [5.41, 5.74) is 4.76. The van der Waals surface area contributed by atoms with Crippen LogP contribution in [0.15, 0.2) is 70.6 Å². The molecule has 0 radical (unpaired) electrons. The maximum Gasteiger partial charge on any atom is 0.266 e. The number of nitrogens with zero attached hydrogens (tertiary/aromatic N) is 2. The molecule has 1 aromatic heterocycles. The van der Waals surface area contributed by atoms with Crippen LogP contribution < -0.4 is 10.9 Å². The largest absolute Gasteiger partial charge is 0.324 e. The zero-order chi connectivity index (χ0) is 22.8. The Hall–Kier alpha value is -3.09. The average molecular weight is 464 g/mol. The molecule has 1 amide bonds. The van der Waals surface area contributed by atoms with Crippen molar-refractivity contribution in [1.29, 1.82) is 0 Å². The summed E-state index contributed by atoms with van der Waals surface area (Å²) in [5, 5.41) is 4.38. The Bertz CT molecular complexity index is 1360. The van der Waals surface area contributed by atoms with Gasteiger partial charge in [0.05, 0.1) is 33.1 Å². The molecule has 5 nitrogen and oxygen atoms in total. The first kappa shape index (κ1) is 22.1. The molecule has 162 valence electrons. The lowest BCUT2D eigenvalue weighted by Crippen LogP contribution is -2.23. The quantitative estimate of drug-likeness (QED) is 0.305. The Labute approximate surface area is 195 Å². The molecule has 0 bridgehead atoms. The number of para-hydroxylation sites is 1. The van der Waals surface area contributed by atoms with Crippen LogP contribution in [-0.4, -0.2) is 21.2 Å². The summed E-state index contributed by atoms with van der Waals surface area (Å²) in [4.78, 5) is 30.7. The van der Waals surface area contributed by atoms with E-state index in [0.29, 0.717) is 32.5 Å². The van der Waals surface area contributed by atoms with E-state index in [9.17, 15) is 9.59 Å². The predicted molar refractivity (Wildman–Crippen MR) is 132 cm³/mol. The highest BCUT2D eigenvalue weighted by molar-refractivity contribution is 7.99. The van der Waals surface area contributed by atoms with E-state index in [0.717, 1.165) is 16.7 Å². The van der Waals surface area contributed by atoms with Crippen molar-refractivity contribution in [2.45, 2.75) is 25.9 Å². The van der Waals surface area contributed by atoms with Gasteiger partial charge in [-0.3, -0.25) is 14.2 Å². The zero-order valence-electron chi connectivity index (χ0n) is 18.0. The molecule has 1 heterocycles. The van der Waals surface area contributed by atoms with Gasteiger partial charge in [0.1, 0.15) is 0 Å². The number of amides is 1. The molecule has 0 aliphatic heterocycles. The highest BCUT2D eigenvalue weighted by atomic mass is 35.5. The Balaban J connectivity index is 1.67. The van der Waals surface area contributed by atoms with Crippen LogP contribution in [0.2, 0.25) is 5.02 Å². The third-order valence-corrected chi connectivity index (χ3v) is 6.30. The number of benzene rings is 3. The van der Waals surface area contributed by atoms with E-state index in [1.807, 2.05) is 69.3 Å². The van der Waals surface area contributed by atoms with Gasteiger partial charge in [-0.15, -0.1) is 0 Å². The third kappa shape index (κ3) is 4.56. The molecule has 4 rings (SSSR count). The fourth-order valence-electron chi connectivity index (χ4n) is 3.51. The van der Waals surface area contributed by atoms with Crippen molar-refractivity contribution in [2.24, 2.45) is 0 Å². The van der Waals surface area contributed by atoms with E-state index < -0.39 is 0 Å². The number of carbonyl (C=O) groups is 1. The number of fused-ring (bicyclic) bond motifs is 1. The van der Waals surface area contributed by atoms with Crippen LogP contribution in [0.5, 0.6) is 0 Å². The highest BCUT2D eigenvalue weighted by Gasteiger charge is 2.16. The molecule has 0 aliphatic carbocycles. The Kier molecular flexibility index (Phi) is 6.35. The van der Waals surface area contributed by atoms with E-state index in [2.05, 4.69) is 10.3 Å². The summed E-state index contributed by atoms with van der Waals surface area (Å²) in [6.07, 6.45) is 0. The summed E-state index contributed by atoms with van der Waals surface area (Å²) in [7, 11) is 0. The Morgan fingerprint density at radius 3 is 2.47 bits per heavy atom. The maximum atomic E-state index is 13.3. The number of anilines is 1. The average Bonchev–Trinajstić information content (AvgIpc) is 2.76. The summed E-state index contributed by atoms with van der Waals surface area (Å²) in [5.74, 6) is -0.137. The molecule has 32 heavy (non-hydrogen) atoms. The monoisotopic (exact) mass is 463 g/mol. The number of thioether (sulfide) groups is 1. The van der Waals surface area contributed by atoms with Crippen LogP contribution in [0, 0.1) is 20.8 Å². The van der Waals surface area contributed by atoms with E-state index in [-0.39, 0.29) is 17.2 Å². The first-order valence-electron chi connectivity index (χ1n) is 10.1. The van der Waals surface area contributed by atoms with Crippen LogP contribution in [0.25, 0.3) is 16.6 Å². The van der Waals surface area contributed by atoms with Gasteiger partial charge >= 0.3 is 0 Å². The molecule has 3 aromatic carbocycles. The molecule has 0 spiro atoms. The Morgan fingerprint density at radius 2 is 1.75 bits per heavy atom. The number of carbonyl (C=O) groups excluding carboxylic acids is 1. The normalized spacial score (nSPS) is 11.0. The second kappa shape index (κ2) is 9.18. The molecular formula is C25H22ClN3O2S. The highest BCUT2D eigenvalue weighted by Crippen LogP contribution is 2.28. The molecule has 1 N–H and O–H groups in total. The summed E-state index contributed by atoms with van der Waals surface area (Å²) < 4.78 is 1.56. The fourth-order valence-corrected chi connectivity index (χ4v) is 4.69. The number of rotatable bonds is 5. The van der Waals surface area contributed by atoms with Crippen molar-refractivity contribution in [3.8, 4) is 5.69 Å².